The lowest BCUT2D eigenvalue weighted by molar-refractivity contribution is 0.340. The van der Waals surface area contributed by atoms with Crippen LogP contribution in [0.4, 0.5) is 0 Å². The highest BCUT2D eigenvalue weighted by molar-refractivity contribution is 5.34. The van der Waals surface area contributed by atoms with E-state index >= 15 is 0 Å². The van der Waals surface area contributed by atoms with E-state index in [1.165, 1.54) is 0 Å². The summed E-state index contributed by atoms with van der Waals surface area (Å²) in [5, 5.41) is 7.61. The van der Waals surface area contributed by atoms with Gasteiger partial charge < -0.3 is 4.74 Å². The molecule has 0 radical (unpaired) electrons. The lowest BCUT2D eigenvalue weighted by Gasteiger charge is -2.16. The Morgan fingerprint density at radius 1 is 1.17 bits per heavy atom. The van der Waals surface area contributed by atoms with Gasteiger partial charge in [-0.15, -0.1) is 0 Å². The van der Waals surface area contributed by atoms with Gasteiger partial charge in [0.2, 0.25) is 0 Å². The molecular weight excluding hydrogens is 228 g/mol. The number of nitrogens with two attached hydrogens (primary N) is 1. The van der Waals surface area contributed by atoms with Crippen molar-refractivity contribution in [2.24, 2.45) is 5.84 Å². The molecule has 5 heteroatoms. The zero-order valence-corrected chi connectivity index (χ0v) is 10.2. The van der Waals surface area contributed by atoms with Crippen molar-refractivity contribution in [3.8, 4) is 5.75 Å². The van der Waals surface area contributed by atoms with E-state index in [-0.39, 0.29) is 6.04 Å². The Kier molecular flexibility index (Phi) is 4.22. The average molecular weight is 244 g/mol. The van der Waals surface area contributed by atoms with E-state index in [4.69, 9.17) is 10.6 Å². The molecule has 0 aliphatic carbocycles. The zero-order valence-electron chi connectivity index (χ0n) is 10.2. The first-order valence-electron chi connectivity index (χ1n) is 5.80. The summed E-state index contributed by atoms with van der Waals surface area (Å²) in [5.41, 5.74) is 4.80. The third-order valence-corrected chi connectivity index (χ3v) is 2.63. The molecule has 1 aromatic heterocycles. The molecule has 94 valence electrons. The van der Waals surface area contributed by atoms with E-state index in [0.29, 0.717) is 6.61 Å². The quantitative estimate of drug-likeness (QED) is 0.615. The summed E-state index contributed by atoms with van der Waals surface area (Å²) in [5.74, 6) is 6.46. The minimum absolute atomic E-state index is 0.101. The second-order valence-corrected chi connectivity index (χ2v) is 3.78. The van der Waals surface area contributed by atoms with Gasteiger partial charge in [-0.25, -0.2) is 5.43 Å². The Morgan fingerprint density at radius 2 is 1.94 bits per heavy atom. The second-order valence-electron chi connectivity index (χ2n) is 3.78. The molecule has 0 fully saturated rings. The number of hydrazine groups is 1. The van der Waals surface area contributed by atoms with E-state index in [1.807, 2.05) is 37.3 Å². The van der Waals surface area contributed by atoms with Gasteiger partial charge in [-0.2, -0.15) is 10.2 Å². The molecule has 0 bridgehead atoms. The zero-order chi connectivity index (χ0) is 12.8. The Morgan fingerprint density at radius 3 is 2.50 bits per heavy atom. The summed E-state index contributed by atoms with van der Waals surface area (Å²) in [6.07, 6.45) is 3.34. The average Bonchev–Trinajstić information content (AvgIpc) is 2.43. The molecule has 0 aliphatic rings. The van der Waals surface area contributed by atoms with Crippen LogP contribution in [-0.4, -0.2) is 16.8 Å². The van der Waals surface area contributed by atoms with Gasteiger partial charge in [0.25, 0.3) is 0 Å². The maximum absolute atomic E-state index is 5.60. The van der Waals surface area contributed by atoms with Gasteiger partial charge in [0, 0.05) is 6.20 Å². The number of hydrogen-bond acceptors (Lipinski definition) is 5. The fourth-order valence-corrected chi connectivity index (χ4v) is 1.78. The molecule has 0 saturated heterocycles. The van der Waals surface area contributed by atoms with Crippen LogP contribution in [0.1, 0.15) is 24.1 Å². The monoisotopic (exact) mass is 244 g/mol. The number of ether oxygens (including phenoxy) is 1. The number of nitrogens with zero attached hydrogens (tertiary/aromatic N) is 2. The van der Waals surface area contributed by atoms with Crippen LogP contribution >= 0.6 is 0 Å². The molecule has 5 nitrogen and oxygen atoms in total. The fraction of sp³-hybridized carbons (Fsp3) is 0.231. The molecule has 18 heavy (non-hydrogen) atoms. The Balaban J connectivity index is 2.23. The van der Waals surface area contributed by atoms with Crippen LogP contribution in [0.15, 0.2) is 42.7 Å². The smallest absolute Gasteiger partial charge is 0.119 e. The predicted molar refractivity (Wildman–Crippen MR) is 68.8 cm³/mol. The first-order chi connectivity index (χ1) is 8.85. The molecule has 2 aromatic rings. The molecule has 0 saturated carbocycles. The number of hydrogen-bond donors (Lipinski definition) is 2. The van der Waals surface area contributed by atoms with Gasteiger partial charge in [-0.3, -0.25) is 5.84 Å². The van der Waals surface area contributed by atoms with Gasteiger partial charge in [-0.1, -0.05) is 12.1 Å². The van der Waals surface area contributed by atoms with Crippen LogP contribution in [0, 0.1) is 0 Å². The maximum Gasteiger partial charge on any atom is 0.119 e. The SMILES string of the molecule is CCOc1ccc(C(NN)c2ccnnc2)cc1. The van der Waals surface area contributed by atoms with Crippen LogP contribution in [0.2, 0.25) is 0 Å². The van der Waals surface area contributed by atoms with Gasteiger partial charge in [-0.05, 0) is 36.2 Å². The lowest BCUT2D eigenvalue weighted by Crippen LogP contribution is -2.28. The number of nitrogens with one attached hydrogen (secondary N) is 1. The number of rotatable bonds is 5. The molecular formula is C13H16N4O. The molecule has 1 heterocycles. The fourth-order valence-electron chi connectivity index (χ4n) is 1.78. The number of aromatic nitrogens is 2. The van der Waals surface area contributed by atoms with Gasteiger partial charge in [0.15, 0.2) is 0 Å². The van der Waals surface area contributed by atoms with Crippen LogP contribution in [0.25, 0.3) is 0 Å². The topological polar surface area (TPSA) is 73.1 Å². The highest BCUT2D eigenvalue weighted by Crippen LogP contribution is 2.22. The van der Waals surface area contributed by atoms with Crippen molar-refractivity contribution in [1.82, 2.24) is 15.6 Å². The Hall–Kier alpha value is -1.98. The molecule has 0 spiro atoms. The Labute approximate surface area is 106 Å². The summed E-state index contributed by atoms with van der Waals surface area (Å²) in [6.45, 7) is 2.62. The van der Waals surface area contributed by atoms with Crippen molar-refractivity contribution < 1.29 is 4.74 Å². The van der Waals surface area contributed by atoms with Crippen LogP contribution < -0.4 is 16.0 Å². The third-order valence-electron chi connectivity index (χ3n) is 2.63. The largest absolute Gasteiger partial charge is 0.494 e. The van der Waals surface area contributed by atoms with E-state index < -0.39 is 0 Å². The van der Waals surface area contributed by atoms with Crippen molar-refractivity contribution in [2.75, 3.05) is 6.61 Å². The van der Waals surface area contributed by atoms with Crippen LogP contribution in [0.5, 0.6) is 5.75 Å². The molecule has 3 N–H and O–H groups in total. The van der Waals surface area contributed by atoms with E-state index in [2.05, 4.69) is 15.6 Å². The van der Waals surface area contributed by atoms with Crippen molar-refractivity contribution >= 4 is 0 Å². The van der Waals surface area contributed by atoms with Gasteiger partial charge in [0.1, 0.15) is 5.75 Å². The third kappa shape index (κ3) is 2.82. The van der Waals surface area contributed by atoms with Crippen LogP contribution in [-0.2, 0) is 0 Å². The molecule has 1 atom stereocenters. The minimum Gasteiger partial charge on any atom is -0.494 e. The van der Waals surface area contributed by atoms with E-state index in [1.54, 1.807) is 12.4 Å². The Bertz CT molecular complexity index is 472. The predicted octanol–water partition coefficient (Wildman–Crippen LogP) is 1.43. The molecule has 2 rings (SSSR count). The molecule has 1 aromatic carbocycles. The second kappa shape index (κ2) is 6.09. The summed E-state index contributed by atoms with van der Waals surface area (Å²) >= 11 is 0. The summed E-state index contributed by atoms with van der Waals surface area (Å²) in [6, 6.07) is 9.60. The first-order valence-corrected chi connectivity index (χ1v) is 5.80. The van der Waals surface area contributed by atoms with Crippen molar-refractivity contribution in [3.63, 3.8) is 0 Å². The van der Waals surface area contributed by atoms with Crippen molar-refractivity contribution in [2.45, 2.75) is 13.0 Å². The molecule has 0 aliphatic heterocycles. The van der Waals surface area contributed by atoms with E-state index in [0.717, 1.165) is 16.9 Å². The van der Waals surface area contributed by atoms with Crippen molar-refractivity contribution in [1.29, 1.82) is 0 Å². The standard InChI is InChI=1S/C13H16N4O/c1-2-18-12-5-3-10(4-6-12)13(17-14)11-7-8-15-16-9-11/h3-9,13,17H,2,14H2,1H3. The van der Waals surface area contributed by atoms with E-state index in [9.17, 15) is 0 Å². The molecule has 0 amide bonds. The number of benzene rings is 1. The maximum atomic E-state index is 5.60. The van der Waals surface area contributed by atoms with Crippen molar-refractivity contribution in [3.05, 3.63) is 53.9 Å². The molecule has 1 unspecified atom stereocenters. The minimum atomic E-state index is -0.101. The highest BCUT2D eigenvalue weighted by atomic mass is 16.5. The summed E-state index contributed by atoms with van der Waals surface area (Å²) in [4.78, 5) is 0. The highest BCUT2D eigenvalue weighted by Gasteiger charge is 2.12. The summed E-state index contributed by atoms with van der Waals surface area (Å²) < 4.78 is 5.41. The summed E-state index contributed by atoms with van der Waals surface area (Å²) in [7, 11) is 0. The van der Waals surface area contributed by atoms with Gasteiger partial charge in [0.05, 0.1) is 18.8 Å². The first kappa shape index (κ1) is 12.5. The normalized spacial score (nSPS) is 12.1. The van der Waals surface area contributed by atoms with Crippen LogP contribution in [0.3, 0.4) is 0 Å². The lowest BCUT2D eigenvalue weighted by atomic mass is 10.0. The van der Waals surface area contributed by atoms with Gasteiger partial charge >= 0.3 is 0 Å².